The highest BCUT2D eigenvalue weighted by atomic mass is 35.5. The number of nitrogens with two attached hydrogens (primary N) is 1. The second-order valence-corrected chi connectivity index (χ2v) is 8.05. The van der Waals surface area contributed by atoms with Crippen molar-refractivity contribution in [3.8, 4) is 0 Å². The van der Waals surface area contributed by atoms with E-state index in [2.05, 4.69) is 31.6 Å². The Morgan fingerprint density at radius 1 is 1.24 bits per heavy atom. The number of fused-ring (bicyclic) bond motifs is 1. The first kappa shape index (κ1) is 17.9. The molecule has 7 N–H and O–H groups in total. The van der Waals surface area contributed by atoms with Crippen LogP contribution in [0.3, 0.4) is 0 Å². The largest absolute Gasteiger partial charge is 0.350 e. The lowest BCUT2D eigenvalue weighted by atomic mass is 9.96. The first-order chi connectivity index (χ1) is 12.1. The molecule has 10 heteroatoms. The number of halogens is 1. The van der Waals surface area contributed by atoms with Crippen molar-refractivity contribution in [2.24, 2.45) is 11.7 Å². The number of nitrogens with zero attached hydrogens (tertiary/aromatic N) is 2. The van der Waals surface area contributed by atoms with Crippen LogP contribution in [0.4, 0.5) is 0 Å². The highest BCUT2D eigenvalue weighted by Crippen LogP contribution is 2.23. The Labute approximate surface area is 153 Å². The summed E-state index contributed by atoms with van der Waals surface area (Å²) in [6.45, 7) is 6.12. The molecule has 1 amide bonds. The third kappa shape index (κ3) is 3.65. The van der Waals surface area contributed by atoms with E-state index in [1.54, 1.807) is 0 Å². The average molecular weight is 373 g/mol. The minimum Gasteiger partial charge on any atom is -0.350 e. The van der Waals surface area contributed by atoms with E-state index in [9.17, 15) is 4.79 Å². The molecule has 0 aromatic carbocycles. The molecular weight excluding hydrogens is 344 g/mol. The SMILES string of the molecule is NC1NN2CC(Cl)CNC2C1C(=O)NC1CNCCC1N1CCNC1. The molecule has 4 aliphatic heterocycles. The van der Waals surface area contributed by atoms with E-state index in [0.29, 0.717) is 19.1 Å². The fourth-order valence-electron chi connectivity index (χ4n) is 4.49. The van der Waals surface area contributed by atoms with Gasteiger partial charge in [-0.1, -0.05) is 0 Å². The van der Waals surface area contributed by atoms with Crippen LogP contribution in [0.2, 0.25) is 0 Å². The van der Waals surface area contributed by atoms with Crippen LogP contribution in [-0.4, -0.2) is 91.5 Å². The first-order valence-corrected chi connectivity index (χ1v) is 9.69. The third-order valence-corrected chi connectivity index (χ3v) is 6.05. The Kier molecular flexibility index (Phi) is 5.44. The normalized spacial score (nSPS) is 43.1. The molecule has 4 fully saturated rings. The van der Waals surface area contributed by atoms with Crippen molar-refractivity contribution < 1.29 is 4.79 Å². The maximum absolute atomic E-state index is 13.0. The summed E-state index contributed by atoms with van der Waals surface area (Å²) < 4.78 is 0. The van der Waals surface area contributed by atoms with Crippen LogP contribution in [0.1, 0.15) is 6.42 Å². The van der Waals surface area contributed by atoms with Crippen molar-refractivity contribution in [2.75, 3.05) is 45.9 Å². The van der Waals surface area contributed by atoms with E-state index in [4.69, 9.17) is 17.3 Å². The van der Waals surface area contributed by atoms with Crippen molar-refractivity contribution in [1.29, 1.82) is 0 Å². The number of carbonyl (C=O) groups excluding carboxylic acids is 1. The Hall–Kier alpha value is -0.520. The van der Waals surface area contributed by atoms with Crippen molar-refractivity contribution in [3.63, 3.8) is 0 Å². The number of nitrogens with one attached hydrogen (secondary N) is 5. The van der Waals surface area contributed by atoms with Crippen LogP contribution in [0, 0.1) is 5.92 Å². The lowest BCUT2D eigenvalue weighted by Crippen LogP contribution is -2.63. The van der Waals surface area contributed by atoms with Crippen molar-refractivity contribution in [3.05, 3.63) is 0 Å². The standard InChI is InChI=1S/C15H29ClN8O/c16-9-5-20-14-12(13(17)22-24(14)7-9)15(25)21-10-6-18-2-1-11(10)23-4-3-19-8-23/h9-14,18-20,22H,1-8,17H2,(H,21,25). The van der Waals surface area contributed by atoms with Gasteiger partial charge in [0, 0.05) is 45.4 Å². The fourth-order valence-corrected chi connectivity index (χ4v) is 4.73. The molecule has 9 nitrogen and oxygen atoms in total. The molecule has 25 heavy (non-hydrogen) atoms. The zero-order valence-electron chi connectivity index (χ0n) is 14.4. The summed E-state index contributed by atoms with van der Waals surface area (Å²) in [7, 11) is 0. The van der Waals surface area contributed by atoms with Gasteiger partial charge in [0.1, 0.15) is 0 Å². The summed E-state index contributed by atoms with van der Waals surface area (Å²) in [5.41, 5.74) is 9.40. The number of carbonyl (C=O) groups is 1. The zero-order valence-corrected chi connectivity index (χ0v) is 15.1. The second-order valence-electron chi connectivity index (χ2n) is 7.43. The number of hydrogen-bond acceptors (Lipinski definition) is 8. The molecule has 0 bridgehead atoms. The van der Waals surface area contributed by atoms with Crippen LogP contribution in [0.5, 0.6) is 0 Å². The van der Waals surface area contributed by atoms with E-state index in [1.807, 2.05) is 5.01 Å². The van der Waals surface area contributed by atoms with Gasteiger partial charge in [-0.2, -0.15) is 0 Å². The predicted molar refractivity (Wildman–Crippen MR) is 95.5 cm³/mol. The molecule has 4 aliphatic rings. The molecule has 0 spiro atoms. The number of hydrazine groups is 1. The van der Waals surface area contributed by atoms with E-state index in [0.717, 1.165) is 39.3 Å². The van der Waals surface area contributed by atoms with Crippen LogP contribution < -0.4 is 32.4 Å². The van der Waals surface area contributed by atoms with Gasteiger partial charge in [0.25, 0.3) is 0 Å². The quantitative estimate of drug-likeness (QED) is 0.290. The summed E-state index contributed by atoms with van der Waals surface area (Å²) in [5.74, 6) is -0.317. The highest BCUT2D eigenvalue weighted by molar-refractivity contribution is 6.21. The number of hydrogen-bond donors (Lipinski definition) is 6. The fraction of sp³-hybridized carbons (Fsp3) is 0.933. The summed E-state index contributed by atoms with van der Waals surface area (Å²) >= 11 is 6.20. The molecular formula is C15H29ClN8O. The summed E-state index contributed by atoms with van der Waals surface area (Å²) in [6, 6.07) is 0.472. The topological polar surface area (TPSA) is 110 Å². The van der Waals surface area contributed by atoms with Gasteiger partial charge in [-0.05, 0) is 13.0 Å². The molecule has 142 valence electrons. The first-order valence-electron chi connectivity index (χ1n) is 9.25. The molecule has 0 aliphatic carbocycles. The second kappa shape index (κ2) is 7.61. The van der Waals surface area contributed by atoms with Crippen molar-refractivity contribution >= 4 is 17.5 Å². The lowest BCUT2D eigenvalue weighted by molar-refractivity contribution is -0.128. The van der Waals surface area contributed by atoms with Crippen LogP contribution in [0.25, 0.3) is 0 Å². The molecule has 6 unspecified atom stereocenters. The molecule has 0 aromatic rings. The molecule has 4 heterocycles. The Bertz CT molecular complexity index is 490. The molecule has 4 saturated heterocycles. The van der Waals surface area contributed by atoms with Gasteiger partial charge in [-0.3, -0.25) is 15.0 Å². The molecule has 0 saturated carbocycles. The van der Waals surface area contributed by atoms with Crippen LogP contribution in [-0.2, 0) is 4.79 Å². The van der Waals surface area contributed by atoms with Crippen molar-refractivity contribution in [2.45, 2.75) is 36.2 Å². The van der Waals surface area contributed by atoms with E-state index in [-0.39, 0.29) is 29.4 Å². The van der Waals surface area contributed by atoms with E-state index < -0.39 is 6.17 Å². The predicted octanol–water partition coefficient (Wildman–Crippen LogP) is -3.05. The van der Waals surface area contributed by atoms with Crippen molar-refractivity contribution in [1.82, 2.24) is 36.6 Å². The Morgan fingerprint density at radius 3 is 2.92 bits per heavy atom. The summed E-state index contributed by atoms with van der Waals surface area (Å²) in [4.78, 5) is 15.5. The average Bonchev–Trinajstić information content (AvgIpc) is 3.22. The Balaban J connectivity index is 1.41. The number of piperidine rings is 1. The molecule has 4 rings (SSSR count). The van der Waals surface area contributed by atoms with Gasteiger partial charge in [0.2, 0.25) is 5.91 Å². The monoisotopic (exact) mass is 372 g/mol. The van der Waals surface area contributed by atoms with Gasteiger partial charge in [-0.25, -0.2) is 10.4 Å². The minimum atomic E-state index is -0.400. The number of amides is 1. The summed E-state index contributed by atoms with van der Waals surface area (Å²) in [5, 5.41) is 15.4. The molecule has 0 radical (unpaired) electrons. The maximum Gasteiger partial charge on any atom is 0.229 e. The van der Waals surface area contributed by atoms with Gasteiger partial charge >= 0.3 is 0 Å². The van der Waals surface area contributed by atoms with Gasteiger partial charge in [0.15, 0.2) is 0 Å². The number of rotatable bonds is 3. The Morgan fingerprint density at radius 2 is 2.12 bits per heavy atom. The van der Waals surface area contributed by atoms with Crippen LogP contribution >= 0.6 is 11.6 Å². The van der Waals surface area contributed by atoms with E-state index in [1.165, 1.54) is 0 Å². The third-order valence-electron chi connectivity index (χ3n) is 5.76. The maximum atomic E-state index is 13.0. The van der Waals surface area contributed by atoms with Crippen LogP contribution in [0.15, 0.2) is 0 Å². The summed E-state index contributed by atoms with van der Waals surface area (Å²) in [6.07, 6.45) is 0.542. The van der Waals surface area contributed by atoms with Gasteiger partial charge in [0.05, 0.1) is 29.7 Å². The van der Waals surface area contributed by atoms with Gasteiger partial charge in [-0.15, -0.1) is 11.6 Å². The van der Waals surface area contributed by atoms with Gasteiger partial charge < -0.3 is 21.7 Å². The smallest absolute Gasteiger partial charge is 0.229 e. The minimum absolute atomic E-state index is 0.0129. The highest BCUT2D eigenvalue weighted by Gasteiger charge is 2.47. The number of alkyl halides is 1. The zero-order chi connectivity index (χ0) is 17.4. The molecule has 0 aromatic heterocycles. The van der Waals surface area contributed by atoms with E-state index >= 15 is 0 Å². The lowest BCUT2D eigenvalue weighted by Gasteiger charge is -2.39. The molecule has 6 atom stereocenters.